The Kier molecular flexibility index (Phi) is 3.32. The third-order valence-electron chi connectivity index (χ3n) is 2.24. The van der Waals surface area contributed by atoms with Crippen LogP contribution in [0.25, 0.3) is 0 Å². The van der Waals surface area contributed by atoms with Crippen LogP contribution >= 0.6 is 0 Å². The molecule has 72 valence electrons. The minimum absolute atomic E-state index is 0.466. The van der Waals surface area contributed by atoms with Crippen molar-refractivity contribution in [3.8, 4) is 0 Å². The monoisotopic (exact) mass is 180 g/mol. The Bertz CT molecular complexity index is 286. The largest absolute Gasteiger partial charge is 0.469 e. The van der Waals surface area contributed by atoms with Crippen LogP contribution in [0.2, 0.25) is 0 Å². The zero-order valence-electron chi connectivity index (χ0n) is 8.21. The number of rotatable bonds is 4. The van der Waals surface area contributed by atoms with Gasteiger partial charge in [0.05, 0.1) is 12.4 Å². The Hall–Kier alpha value is -1.02. The second kappa shape index (κ2) is 4.28. The van der Waals surface area contributed by atoms with Gasteiger partial charge in [0.2, 0.25) is 0 Å². The molecule has 1 rings (SSSR count). The summed E-state index contributed by atoms with van der Waals surface area (Å²) >= 11 is 0. The third-order valence-corrected chi connectivity index (χ3v) is 2.24. The highest BCUT2D eigenvalue weighted by Gasteiger charge is 2.12. The van der Waals surface area contributed by atoms with E-state index >= 15 is 0 Å². The lowest BCUT2D eigenvalue weighted by Crippen LogP contribution is -1.98. The molecule has 0 spiro atoms. The minimum atomic E-state index is -0.466. The summed E-state index contributed by atoms with van der Waals surface area (Å²) in [4.78, 5) is 0. The molecule has 1 atom stereocenters. The van der Waals surface area contributed by atoms with Crippen LogP contribution in [-0.2, 0) is 0 Å². The predicted octanol–water partition coefficient (Wildman–Crippen LogP) is 2.98. The maximum atomic E-state index is 9.77. The van der Waals surface area contributed by atoms with E-state index in [1.807, 2.05) is 19.9 Å². The second-order valence-corrected chi connectivity index (χ2v) is 3.26. The highest BCUT2D eigenvalue weighted by atomic mass is 16.3. The van der Waals surface area contributed by atoms with E-state index in [-0.39, 0.29) is 0 Å². The van der Waals surface area contributed by atoms with E-state index in [2.05, 4.69) is 6.58 Å². The number of furan rings is 1. The SMILES string of the molecule is C=C(CC)CC(O)c1ccoc1C. The molecule has 0 aliphatic carbocycles. The lowest BCUT2D eigenvalue weighted by Gasteiger charge is -2.10. The van der Waals surface area contributed by atoms with E-state index in [0.717, 1.165) is 23.3 Å². The lowest BCUT2D eigenvalue weighted by atomic mass is 10.0. The van der Waals surface area contributed by atoms with Gasteiger partial charge >= 0.3 is 0 Å². The Labute approximate surface area is 78.9 Å². The van der Waals surface area contributed by atoms with Gasteiger partial charge in [-0.2, -0.15) is 0 Å². The zero-order valence-corrected chi connectivity index (χ0v) is 8.21. The topological polar surface area (TPSA) is 33.4 Å². The molecule has 0 fully saturated rings. The maximum absolute atomic E-state index is 9.77. The molecule has 1 aromatic rings. The van der Waals surface area contributed by atoms with Crippen LogP contribution < -0.4 is 0 Å². The van der Waals surface area contributed by atoms with E-state index in [0.29, 0.717) is 6.42 Å². The molecule has 13 heavy (non-hydrogen) atoms. The molecule has 0 radical (unpaired) electrons. The number of aliphatic hydroxyl groups is 1. The Morgan fingerprint density at radius 3 is 2.85 bits per heavy atom. The molecule has 0 amide bonds. The summed E-state index contributed by atoms with van der Waals surface area (Å²) < 4.78 is 5.11. The van der Waals surface area contributed by atoms with Crippen molar-refractivity contribution in [2.24, 2.45) is 0 Å². The second-order valence-electron chi connectivity index (χ2n) is 3.26. The first-order chi connectivity index (χ1) is 6.15. The van der Waals surface area contributed by atoms with Gasteiger partial charge in [0.25, 0.3) is 0 Å². The molecule has 0 saturated heterocycles. The van der Waals surface area contributed by atoms with Crippen molar-refractivity contribution in [2.75, 3.05) is 0 Å². The van der Waals surface area contributed by atoms with Gasteiger partial charge in [0.15, 0.2) is 0 Å². The fourth-order valence-corrected chi connectivity index (χ4v) is 1.27. The zero-order chi connectivity index (χ0) is 9.84. The third kappa shape index (κ3) is 2.46. The molecule has 1 heterocycles. The van der Waals surface area contributed by atoms with Crippen LogP contribution in [0, 0.1) is 6.92 Å². The summed E-state index contributed by atoms with van der Waals surface area (Å²) in [7, 11) is 0. The lowest BCUT2D eigenvalue weighted by molar-refractivity contribution is 0.175. The fraction of sp³-hybridized carbons (Fsp3) is 0.455. The number of aliphatic hydroxyl groups excluding tert-OH is 1. The van der Waals surface area contributed by atoms with Gasteiger partial charge in [-0.25, -0.2) is 0 Å². The van der Waals surface area contributed by atoms with Crippen molar-refractivity contribution >= 4 is 0 Å². The summed E-state index contributed by atoms with van der Waals surface area (Å²) in [5.41, 5.74) is 1.93. The molecule has 0 aliphatic rings. The van der Waals surface area contributed by atoms with Crippen LogP contribution in [0.5, 0.6) is 0 Å². The van der Waals surface area contributed by atoms with Crippen molar-refractivity contribution in [2.45, 2.75) is 32.8 Å². The number of aryl methyl sites for hydroxylation is 1. The highest BCUT2D eigenvalue weighted by Crippen LogP contribution is 2.24. The first-order valence-electron chi connectivity index (χ1n) is 4.53. The molecule has 0 aromatic carbocycles. The average Bonchev–Trinajstić information content (AvgIpc) is 2.51. The molecular formula is C11H16O2. The van der Waals surface area contributed by atoms with E-state index in [4.69, 9.17) is 4.42 Å². The molecule has 1 N–H and O–H groups in total. The van der Waals surface area contributed by atoms with Crippen molar-refractivity contribution < 1.29 is 9.52 Å². The minimum Gasteiger partial charge on any atom is -0.469 e. The Balaban J connectivity index is 2.63. The Morgan fingerprint density at radius 2 is 2.38 bits per heavy atom. The molecular weight excluding hydrogens is 164 g/mol. The molecule has 0 bridgehead atoms. The van der Waals surface area contributed by atoms with Gasteiger partial charge in [0.1, 0.15) is 5.76 Å². The summed E-state index contributed by atoms with van der Waals surface area (Å²) in [5, 5.41) is 9.77. The summed E-state index contributed by atoms with van der Waals surface area (Å²) in [6, 6.07) is 1.81. The predicted molar refractivity (Wildman–Crippen MR) is 52.5 cm³/mol. The van der Waals surface area contributed by atoms with Crippen LogP contribution in [0.1, 0.15) is 37.2 Å². The van der Waals surface area contributed by atoms with Crippen LogP contribution in [0.3, 0.4) is 0 Å². The molecule has 2 nitrogen and oxygen atoms in total. The summed E-state index contributed by atoms with van der Waals surface area (Å²) in [6.07, 6.45) is 2.67. The highest BCUT2D eigenvalue weighted by molar-refractivity contribution is 5.20. The van der Waals surface area contributed by atoms with Crippen molar-refractivity contribution in [3.63, 3.8) is 0 Å². The normalized spacial score (nSPS) is 12.8. The first-order valence-corrected chi connectivity index (χ1v) is 4.53. The van der Waals surface area contributed by atoms with Gasteiger partial charge in [-0.1, -0.05) is 19.1 Å². The van der Waals surface area contributed by atoms with E-state index < -0.39 is 6.10 Å². The molecule has 0 saturated carbocycles. The number of hydrogen-bond donors (Lipinski definition) is 1. The molecule has 1 aromatic heterocycles. The van der Waals surface area contributed by atoms with E-state index in [1.54, 1.807) is 6.26 Å². The van der Waals surface area contributed by atoms with E-state index in [1.165, 1.54) is 0 Å². The average molecular weight is 180 g/mol. The van der Waals surface area contributed by atoms with Crippen molar-refractivity contribution in [1.29, 1.82) is 0 Å². The van der Waals surface area contributed by atoms with Gasteiger partial charge in [-0.15, -0.1) is 0 Å². The standard InChI is InChI=1S/C11H16O2/c1-4-8(2)7-11(12)10-5-6-13-9(10)3/h5-6,11-12H,2,4,7H2,1,3H3. The van der Waals surface area contributed by atoms with Crippen molar-refractivity contribution in [3.05, 3.63) is 35.8 Å². The smallest absolute Gasteiger partial charge is 0.106 e. The van der Waals surface area contributed by atoms with Crippen LogP contribution in [-0.4, -0.2) is 5.11 Å². The Morgan fingerprint density at radius 1 is 1.69 bits per heavy atom. The van der Waals surface area contributed by atoms with Gasteiger partial charge in [0, 0.05) is 5.56 Å². The quantitative estimate of drug-likeness (QED) is 0.722. The molecule has 2 heteroatoms. The molecule has 1 unspecified atom stereocenters. The molecule has 0 aliphatic heterocycles. The van der Waals surface area contributed by atoms with Gasteiger partial charge in [-0.3, -0.25) is 0 Å². The number of hydrogen-bond acceptors (Lipinski definition) is 2. The first kappa shape index (κ1) is 10.1. The van der Waals surface area contributed by atoms with Crippen molar-refractivity contribution in [1.82, 2.24) is 0 Å². The van der Waals surface area contributed by atoms with Crippen LogP contribution in [0.4, 0.5) is 0 Å². The summed E-state index contributed by atoms with van der Waals surface area (Å²) in [5.74, 6) is 0.788. The fourth-order valence-electron chi connectivity index (χ4n) is 1.27. The van der Waals surface area contributed by atoms with E-state index in [9.17, 15) is 5.11 Å². The summed E-state index contributed by atoms with van der Waals surface area (Å²) in [6.45, 7) is 7.76. The maximum Gasteiger partial charge on any atom is 0.106 e. The van der Waals surface area contributed by atoms with Gasteiger partial charge in [-0.05, 0) is 25.8 Å². The van der Waals surface area contributed by atoms with Gasteiger partial charge < -0.3 is 9.52 Å². The van der Waals surface area contributed by atoms with Crippen LogP contribution in [0.15, 0.2) is 28.9 Å².